The Hall–Kier alpha value is -3.05. The summed E-state index contributed by atoms with van der Waals surface area (Å²) in [6, 6.07) is 25.7. The summed E-state index contributed by atoms with van der Waals surface area (Å²) in [5.41, 5.74) is 5.60. The van der Waals surface area contributed by atoms with Crippen molar-refractivity contribution in [2.45, 2.75) is 38.6 Å². The molecule has 0 aliphatic carbocycles. The first-order valence-corrected chi connectivity index (χ1v) is 12.4. The van der Waals surface area contributed by atoms with Gasteiger partial charge in [0.2, 0.25) is 11.8 Å². The van der Waals surface area contributed by atoms with Gasteiger partial charge in [0.05, 0.1) is 5.75 Å². The van der Waals surface area contributed by atoms with E-state index in [1.54, 1.807) is 23.7 Å². The van der Waals surface area contributed by atoms with E-state index in [0.717, 1.165) is 22.4 Å². The van der Waals surface area contributed by atoms with Crippen molar-refractivity contribution in [3.05, 3.63) is 107 Å². The monoisotopic (exact) mass is 460 g/mol. The van der Waals surface area contributed by atoms with E-state index in [4.69, 9.17) is 0 Å². The highest BCUT2D eigenvalue weighted by Crippen LogP contribution is 2.20. The molecule has 0 fully saturated rings. The lowest BCUT2D eigenvalue weighted by atomic mass is 10.0. The van der Waals surface area contributed by atoms with Gasteiger partial charge in [0, 0.05) is 25.8 Å². The predicted molar refractivity (Wildman–Crippen MR) is 137 cm³/mol. The number of benzene rings is 3. The molecule has 0 saturated carbocycles. The molecule has 1 N–H and O–H groups in total. The molecule has 3 rings (SSSR count). The van der Waals surface area contributed by atoms with Crippen LogP contribution in [0.4, 0.5) is 0 Å². The molecular formula is C28H32N2O2S. The maximum absolute atomic E-state index is 13.5. The standard InChI is InChI=1S/C28H32N2O2S/c1-21-10-9-14-24(16-21)19-33-20-27(31)30(18-25-15-8-7-11-22(25)2)26(28(32)29-3)17-23-12-5-4-6-13-23/h4-16,26H,17-20H2,1-3H3,(H,29,32)/t26-/m1/s1. The number of hydrogen-bond acceptors (Lipinski definition) is 3. The highest BCUT2D eigenvalue weighted by Gasteiger charge is 2.29. The van der Waals surface area contributed by atoms with Gasteiger partial charge < -0.3 is 10.2 Å². The van der Waals surface area contributed by atoms with E-state index in [0.29, 0.717) is 18.7 Å². The van der Waals surface area contributed by atoms with Gasteiger partial charge in [0.1, 0.15) is 6.04 Å². The molecule has 1 atom stereocenters. The van der Waals surface area contributed by atoms with Crippen LogP contribution in [-0.4, -0.2) is 35.6 Å². The summed E-state index contributed by atoms with van der Waals surface area (Å²) in [7, 11) is 1.63. The largest absolute Gasteiger partial charge is 0.357 e. The topological polar surface area (TPSA) is 49.4 Å². The van der Waals surface area contributed by atoms with E-state index >= 15 is 0 Å². The van der Waals surface area contributed by atoms with E-state index in [9.17, 15) is 9.59 Å². The maximum atomic E-state index is 13.5. The van der Waals surface area contributed by atoms with Crippen molar-refractivity contribution < 1.29 is 9.59 Å². The molecular weight excluding hydrogens is 428 g/mol. The van der Waals surface area contributed by atoms with E-state index in [2.05, 4.69) is 30.4 Å². The Bertz CT molecular complexity index is 1070. The van der Waals surface area contributed by atoms with Crippen molar-refractivity contribution in [1.82, 2.24) is 10.2 Å². The number of carbonyl (C=O) groups excluding carboxylic acids is 2. The van der Waals surface area contributed by atoms with E-state index in [1.165, 1.54) is 11.1 Å². The van der Waals surface area contributed by atoms with Gasteiger partial charge in [-0.1, -0.05) is 84.4 Å². The van der Waals surface area contributed by atoms with Crippen molar-refractivity contribution in [3.63, 3.8) is 0 Å². The van der Waals surface area contributed by atoms with Crippen molar-refractivity contribution in [2.24, 2.45) is 0 Å². The minimum Gasteiger partial charge on any atom is -0.357 e. The fourth-order valence-electron chi connectivity index (χ4n) is 3.83. The maximum Gasteiger partial charge on any atom is 0.242 e. The molecule has 0 heterocycles. The summed E-state index contributed by atoms with van der Waals surface area (Å²) in [6.07, 6.45) is 0.473. The lowest BCUT2D eigenvalue weighted by Crippen LogP contribution is -2.50. The predicted octanol–water partition coefficient (Wildman–Crippen LogP) is 4.92. The quantitative estimate of drug-likeness (QED) is 0.467. The first-order chi connectivity index (χ1) is 16.0. The molecule has 2 amide bonds. The summed E-state index contributed by atoms with van der Waals surface area (Å²) < 4.78 is 0. The zero-order valence-electron chi connectivity index (χ0n) is 19.6. The smallest absolute Gasteiger partial charge is 0.242 e. The van der Waals surface area contributed by atoms with Crippen LogP contribution in [0.15, 0.2) is 78.9 Å². The normalized spacial score (nSPS) is 11.6. The minimum absolute atomic E-state index is 0.0274. The van der Waals surface area contributed by atoms with Gasteiger partial charge >= 0.3 is 0 Å². The first-order valence-electron chi connectivity index (χ1n) is 11.2. The van der Waals surface area contributed by atoms with E-state index < -0.39 is 6.04 Å². The average molecular weight is 461 g/mol. The molecule has 0 spiro atoms. The van der Waals surface area contributed by atoms with Crippen LogP contribution >= 0.6 is 11.8 Å². The van der Waals surface area contributed by atoms with Crippen molar-refractivity contribution in [1.29, 1.82) is 0 Å². The number of rotatable bonds is 10. The molecule has 0 radical (unpaired) electrons. The Morgan fingerprint density at radius 3 is 2.30 bits per heavy atom. The fraction of sp³-hybridized carbons (Fsp3) is 0.286. The van der Waals surface area contributed by atoms with E-state index in [1.807, 2.05) is 67.6 Å². The Morgan fingerprint density at radius 1 is 0.909 bits per heavy atom. The first kappa shape index (κ1) is 24.6. The van der Waals surface area contributed by atoms with Crippen LogP contribution in [0.3, 0.4) is 0 Å². The number of nitrogens with zero attached hydrogens (tertiary/aromatic N) is 1. The molecule has 0 unspecified atom stereocenters. The number of carbonyl (C=O) groups is 2. The second-order valence-corrected chi connectivity index (χ2v) is 9.24. The van der Waals surface area contributed by atoms with Crippen LogP contribution in [0, 0.1) is 13.8 Å². The number of aryl methyl sites for hydroxylation is 2. The summed E-state index contributed by atoms with van der Waals surface area (Å²) in [6.45, 7) is 4.51. The van der Waals surface area contributed by atoms with Gasteiger partial charge in [0.15, 0.2) is 0 Å². The number of hydrogen-bond donors (Lipinski definition) is 1. The summed E-state index contributed by atoms with van der Waals surface area (Å²) in [4.78, 5) is 28.2. The van der Waals surface area contributed by atoms with Crippen LogP contribution in [0.5, 0.6) is 0 Å². The Balaban J connectivity index is 1.82. The molecule has 3 aromatic carbocycles. The van der Waals surface area contributed by atoms with Gasteiger partial charge in [-0.25, -0.2) is 0 Å². The highest BCUT2D eigenvalue weighted by atomic mass is 32.2. The molecule has 4 nitrogen and oxygen atoms in total. The highest BCUT2D eigenvalue weighted by molar-refractivity contribution is 7.99. The molecule has 0 saturated heterocycles. The third-order valence-electron chi connectivity index (χ3n) is 5.70. The molecule has 3 aromatic rings. The fourth-order valence-corrected chi connectivity index (χ4v) is 4.69. The van der Waals surface area contributed by atoms with Crippen LogP contribution in [0.2, 0.25) is 0 Å². The summed E-state index contributed by atoms with van der Waals surface area (Å²) in [5, 5.41) is 2.77. The van der Waals surface area contributed by atoms with Crippen molar-refractivity contribution in [3.8, 4) is 0 Å². The van der Waals surface area contributed by atoms with Gasteiger partial charge in [0.25, 0.3) is 0 Å². The van der Waals surface area contributed by atoms with Gasteiger partial charge in [-0.2, -0.15) is 0 Å². The number of thioether (sulfide) groups is 1. The SMILES string of the molecule is CNC(=O)[C@@H](Cc1ccccc1)N(Cc1ccccc1C)C(=O)CSCc1cccc(C)c1. The molecule has 172 valence electrons. The molecule has 33 heavy (non-hydrogen) atoms. The lowest BCUT2D eigenvalue weighted by molar-refractivity contribution is -0.139. The molecule has 0 aliphatic heterocycles. The van der Waals surface area contributed by atoms with Crippen LogP contribution in [0.25, 0.3) is 0 Å². The van der Waals surface area contributed by atoms with Gasteiger partial charge in [-0.15, -0.1) is 11.8 Å². The Labute approximate surface area is 201 Å². The second kappa shape index (κ2) is 12.3. The third kappa shape index (κ3) is 7.22. The molecule has 0 aromatic heterocycles. The summed E-state index contributed by atoms with van der Waals surface area (Å²) >= 11 is 1.59. The third-order valence-corrected chi connectivity index (χ3v) is 6.68. The number of nitrogens with one attached hydrogen (secondary N) is 1. The number of likely N-dealkylation sites (N-methyl/N-ethyl adjacent to an activating group) is 1. The average Bonchev–Trinajstić information content (AvgIpc) is 2.82. The van der Waals surface area contributed by atoms with Gasteiger partial charge in [-0.05, 0) is 36.1 Å². The van der Waals surface area contributed by atoms with Crippen molar-refractivity contribution in [2.75, 3.05) is 12.8 Å². The summed E-state index contributed by atoms with van der Waals surface area (Å²) in [5.74, 6) is 0.904. The zero-order chi connectivity index (χ0) is 23.6. The minimum atomic E-state index is -0.580. The number of amides is 2. The lowest BCUT2D eigenvalue weighted by Gasteiger charge is -2.31. The zero-order valence-corrected chi connectivity index (χ0v) is 20.4. The second-order valence-electron chi connectivity index (χ2n) is 8.25. The van der Waals surface area contributed by atoms with Crippen molar-refractivity contribution >= 4 is 23.6 Å². The Kier molecular flexibility index (Phi) is 9.14. The van der Waals surface area contributed by atoms with Crippen LogP contribution in [0.1, 0.15) is 27.8 Å². The molecule has 0 aliphatic rings. The molecule has 5 heteroatoms. The van der Waals surface area contributed by atoms with Crippen LogP contribution in [-0.2, 0) is 28.3 Å². The van der Waals surface area contributed by atoms with Gasteiger partial charge in [-0.3, -0.25) is 9.59 Å². The Morgan fingerprint density at radius 2 is 1.61 bits per heavy atom. The van der Waals surface area contributed by atoms with E-state index in [-0.39, 0.29) is 11.8 Å². The van der Waals surface area contributed by atoms with Crippen LogP contribution < -0.4 is 5.32 Å². The molecule has 0 bridgehead atoms.